The van der Waals surface area contributed by atoms with Gasteiger partial charge in [0.05, 0.1) is 18.4 Å². The van der Waals surface area contributed by atoms with Crippen LogP contribution in [0.3, 0.4) is 0 Å². The van der Waals surface area contributed by atoms with Crippen LogP contribution in [0.4, 0.5) is 5.82 Å². The summed E-state index contributed by atoms with van der Waals surface area (Å²) in [6.45, 7) is 0.239. The van der Waals surface area contributed by atoms with E-state index in [9.17, 15) is 8.42 Å². The van der Waals surface area contributed by atoms with Gasteiger partial charge in [-0.1, -0.05) is 48.5 Å². The molecular weight excluding hydrogens is 324 g/mol. The van der Waals surface area contributed by atoms with Crippen LogP contribution >= 0.6 is 0 Å². The highest BCUT2D eigenvalue weighted by molar-refractivity contribution is 7.89. The Kier molecular flexibility index (Phi) is 3.42. The summed E-state index contributed by atoms with van der Waals surface area (Å²) in [6.07, 6.45) is 2.71. The molecule has 0 saturated heterocycles. The zero-order chi connectivity index (χ0) is 16.6. The summed E-state index contributed by atoms with van der Waals surface area (Å²) in [5.41, 5.74) is 1.66. The van der Waals surface area contributed by atoms with Crippen molar-refractivity contribution in [2.45, 2.75) is 11.4 Å². The topological polar surface area (TPSA) is 67.6 Å². The molecule has 0 amide bonds. The smallest absolute Gasteiger partial charge is 0.252 e. The predicted octanol–water partition coefficient (Wildman–Crippen LogP) is 2.74. The van der Waals surface area contributed by atoms with Gasteiger partial charge in [-0.15, -0.1) is 0 Å². The fraction of sp³-hybridized carbons (Fsp3) is 0.0588. The Balaban J connectivity index is 1.73. The molecule has 1 aliphatic rings. The van der Waals surface area contributed by atoms with E-state index in [0.29, 0.717) is 5.82 Å². The average Bonchev–Trinajstić information content (AvgIpc) is 3.05. The second-order valence-electron chi connectivity index (χ2n) is 5.36. The number of hydrogen-bond acceptors (Lipinski definition) is 4. The van der Waals surface area contributed by atoms with E-state index in [1.807, 2.05) is 60.7 Å². The van der Waals surface area contributed by atoms with Crippen LogP contribution in [0.15, 0.2) is 76.7 Å². The number of nitrogens with zero attached hydrogens (tertiary/aromatic N) is 4. The van der Waals surface area contributed by atoms with Crippen LogP contribution < -0.4 is 0 Å². The molecule has 0 saturated carbocycles. The van der Waals surface area contributed by atoms with Crippen LogP contribution in [-0.2, 0) is 16.6 Å². The van der Waals surface area contributed by atoms with Crippen LogP contribution in [-0.4, -0.2) is 28.8 Å². The van der Waals surface area contributed by atoms with Crippen molar-refractivity contribution in [2.75, 3.05) is 0 Å². The minimum absolute atomic E-state index is 0.116. The van der Waals surface area contributed by atoms with Crippen molar-refractivity contribution in [1.82, 2.24) is 14.1 Å². The molecule has 6 nitrogen and oxygen atoms in total. The zero-order valence-corrected chi connectivity index (χ0v) is 13.5. The zero-order valence-electron chi connectivity index (χ0n) is 12.6. The number of aliphatic imine (C=N–C) groups is 1. The Morgan fingerprint density at radius 3 is 2.29 bits per heavy atom. The van der Waals surface area contributed by atoms with Crippen LogP contribution in [0.2, 0.25) is 0 Å². The molecule has 0 radical (unpaired) electrons. The first-order valence-electron chi connectivity index (χ1n) is 7.40. The van der Waals surface area contributed by atoms with Gasteiger partial charge in [0.2, 0.25) is 0 Å². The first kappa shape index (κ1) is 14.6. The van der Waals surface area contributed by atoms with Gasteiger partial charge in [0, 0.05) is 0 Å². The van der Waals surface area contributed by atoms with E-state index < -0.39 is 10.0 Å². The van der Waals surface area contributed by atoms with E-state index in [4.69, 9.17) is 0 Å². The molecule has 0 aliphatic carbocycles. The van der Waals surface area contributed by atoms with Crippen molar-refractivity contribution in [3.05, 3.63) is 72.4 Å². The lowest BCUT2D eigenvalue weighted by atomic mass is 10.2. The molecule has 24 heavy (non-hydrogen) atoms. The van der Waals surface area contributed by atoms with E-state index in [1.165, 1.54) is 21.5 Å². The fourth-order valence-corrected chi connectivity index (χ4v) is 3.88. The lowest BCUT2D eigenvalue weighted by molar-refractivity contribution is 0.521. The summed E-state index contributed by atoms with van der Waals surface area (Å²) in [5, 5.41) is 4.20. The number of hydrogen-bond donors (Lipinski definition) is 0. The maximum absolute atomic E-state index is 12.8. The Morgan fingerprint density at radius 1 is 0.917 bits per heavy atom. The highest BCUT2D eigenvalue weighted by Gasteiger charge is 2.32. The Labute approximate surface area is 139 Å². The van der Waals surface area contributed by atoms with Crippen LogP contribution in [0.25, 0.3) is 5.69 Å². The fourth-order valence-electron chi connectivity index (χ4n) is 2.58. The third-order valence-electron chi connectivity index (χ3n) is 3.79. The highest BCUT2D eigenvalue weighted by Crippen LogP contribution is 2.32. The Morgan fingerprint density at radius 2 is 1.58 bits per heavy atom. The number of rotatable bonds is 3. The van der Waals surface area contributed by atoms with Gasteiger partial charge in [0.1, 0.15) is 6.34 Å². The average molecular weight is 338 g/mol. The summed E-state index contributed by atoms with van der Waals surface area (Å²) in [5.74, 6) is 0.325. The molecule has 0 unspecified atom stereocenters. The first-order chi connectivity index (χ1) is 11.7. The minimum Gasteiger partial charge on any atom is -0.252 e. The van der Waals surface area contributed by atoms with Crippen LogP contribution in [0.1, 0.15) is 5.56 Å². The van der Waals surface area contributed by atoms with Gasteiger partial charge in [-0.25, -0.2) is 18.1 Å². The van der Waals surface area contributed by atoms with Gasteiger partial charge < -0.3 is 0 Å². The van der Waals surface area contributed by atoms with Crippen molar-refractivity contribution in [2.24, 2.45) is 4.99 Å². The first-order valence-corrected chi connectivity index (χ1v) is 8.84. The number of fused-ring (bicyclic) bond motifs is 1. The number of benzene rings is 2. The molecule has 4 rings (SSSR count). The SMILES string of the molecule is O=S1(=O)c2cnn(-c3ccccc3)c2N=CN1Cc1ccccc1. The van der Waals surface area contributed by atoms with E-state index in [1.54, 1.807) is 0 Å². The molecule has 3 aromatic rings. The summed E-state index contributed by atoms with van der Waals surface area (Å²) < 4.78 is 28.4. The van der Waals surface area contributed by atoms with Gasteiger partial charge in [-0.05, 0) is 17.7 Å². The number of aromatic nitrogens is 2. The lowest BCUT2D eigenvalue weighted by Crippen LogP contribution is -2.31. The molecule has 0 bridgehead atoms. The van der Waals surface area contributed by atoms with Crippen molar-refractivity contribution in [1.29, 1.82) is 0 Å². The summed E-state index contributed by atoms with van der Waals surface area (Å²) in [6, 6.07) is 18.7. The third-order valence-corrected chi connectivity index (χ3v) is 5.47. The molecule has 2 aromatic carbocycles. The molecule has 120 valence electrons. The summed E-state index contributed by atoms with van der Waals surface area (Å²) in [4.78, 5) is 4.44. The maximum atomic E-state index is 12.8. The van der Waals surface area contributed by atoms with Crippen LogP contribution in [0, 0.1) is 0 Å². The maximum Gasteiger partial charge on any atom is 0.270 e. The lowest BCUT2D eigenvalue weighted by Gasteiger charge is -2.22. The molecule has 0 fully saturated rings. The van der Waals surface area contributed by atoms with E-state index in [2.05, 4.69) is 10.1 Å². The molecule has 2 heterocycles. The van der Waals surface area contributed by atoms with E-state index in [-0.39, 0.29) is 11.4 Å². The predicted molar refractivity (Wildman–Crippen MR) is 90.9 cm³/mol. The van der Waals surface area contributed by atoms with Crippen LogP contribution in [0.5, 0.6) is 0 Å². The second-order valence-corrected chi connectivity index (χ2v) is 7.22. The van der Waals surface area contributed by atoms with E-state index in [0.717, 1.165) is 11.3 Å². The minimum atomic E-state index is -3.67. The Bertz CT molecular complexity index is 996. The summed E-state index contributed by atoms with van der Waals surface area (Å²) >= 11 is 0. The molecule has 7 heteroatoms. The van der Waals surface area contributed by atoms with Gasteiger partial charge in [0.25, 0.3) is 10.0 Å². The monoisotopic (exact) mass is 338 g/mol. The molecule has 1 aromatic heterocycles. The number of para-hydroxylation sites is 1. The molecule has 0 atom stereocenters. The van der Waals surface area contributed by atoms with E-state index >= 15 is 0 Å². The molecule has 1 aliphatic heterocycles. The third kappa shape index (κ3) is 2.39. The molecule has 0 spiro atoms. The standard InChI is InChI=1S/C17H14N4O2S/c22-24(23)16-11-19-21(15-9-5-2-6-10-15)17(16)18-13-20(24)12-14-7-3-1-4-8-14/h1-11,13H,12H2. The van der Waals surface area contributed by atoms with Crippen molar-refractivity contribution in [3.63, 3.8) is 0 Å². The van der Waals surface area contributed by atoms with Gasteiger partial charge in [-0.2, -0.15) is 5.10 Å². The Hall–Kier alpha value is -2.93. The normalized spacial score (nSPS) is 15.2. The molecule has 0 N–H and O–H groups in total. The van der Waals surface area contributed by atoms with Crippen molar-refractivity contribution >= 4 is 22.2 Å². The molecular formula is C17H14N4O2S. The van der Waals surface area contributed by atoms with Gasteiger partial charge in [0.15, 0.2) is 10.7 Å². The van der Waals surface area contributed by atoms with Gasteiger partial charge >= 0.3 is 0 Å². The highest BCUT2D eigenvalue weighted by atomic mass is 32.2. The quantitative estimate of drug-likeness (QED) is 0.737. The van der Waals surface area contributed by atoms with Crippen molar-refractivity contribution < 1.29 is 8.42 Å². The number of sulfonamides is 1. The largest absolute Gasteiger partial charge is 0.270 e. The van der Waals surface area contributed by atoms with Crippen molar-refractivity contribution in [3.8, 4) is 5.69 Å². The van der Waals surface area contributed by atoms with Gasteiger partial charge in [-0.3, -0.25) is 4.31 Å². The summed E-state index contributed by atoms with van der Waals surface area (Å²) in [7, 11) is -3.67. The second kappa shape index (κ2) is 5.61.